The number of amides is 1. The molecule has 46 heavy (non-hydrogen) atoms. The Morgan fingerprint density at radius 3 is 1.83 bits per heavy atom. The molecule has 0 spiro atoms. The van der Waals surface area contributed by atoms with E-state index in [-0.39, 0.29) is 11.0 Å². The van der Waals surface area contributed by atoms with Gasteiger partial charge in [0.2, 0.25) is 5.01 Å². The van der Waals surface area contributed by atoms with Gasteiger partial charge in [0.1, 0.15) is 17.3 Å². The maximum atomic E-state index is 13.8. The maximum Gasteiger partial charge on any atom is 0.367 e. The number of benzene rings is 3. The van der Waals surface area contributed by atoms with E-state index in [0.717, 1.165) is 86.3 Å². The Morgan fingerprint density at radius 1 is 0.783 bits per heavy atom. The van der Waals surface area contributed by atoms with Crippen molar-refractivity contribution in [2.45, 2.75) is 45.4 Å². The van der Waals surface area contributed by atoms with Crippen molar-refractivity contribution in [1.29, 1.82) is 0 Å². The number of nitrogens with zero attached hydrogens (tertiary/aromatic N) is 2. The number of fused-ring (bicyclic) bond motifs is 6. The first-order chi connectivity index (χ1) is 22.2. The summed E-state index contributed by atoms with van der Waals surface area (Å²) in [5.41, 5.74) is 6.18. The molecule has 2 heterocycles. The number of ether oxygens (including phenoxy) is 1. The Morgan fingerprint density at radius 2 is 1.28 bits per heavy atom. The van der Waals surface area contributed by atoms with Crippen molar-refractivity contribution in [1.82, 2.24) is 9.97 Å². The third kappa shape index (κ3) is 6.71. The highest BCUT2D eigenvalue weighted by Gasteiger charge is 2.25. The number of anilines is 1. The van der Waals surface area contributed by atoms with Crippen LogP contribution in [0.4, 0.5) is 14.5 Å². The van der Waals surface area contributed by atoms with Crippen LogP contribution in [-0.2, 0) is 30.4 Å². The van der Waals surface area contributed by atoms with Crippen LogP contribution in [0, 0.1) is 11.6 Å². The molecule has 2 aromatic heterocycles. The molecular formula is C34H27Br2F2N3O3S2. The van der Waals surface area contributed by atoms with Crippen molar-refractivity contribution in [2.24, 2.45) is 0 Å². The molecule has 5 aromatic rings. The Labute approximate surface area is 289 Å². The molecule has 0 saturated carbocycles. The number of esters is 1. The summed E-state index contributed by atoms with van der Waals surface area (Å²) in [6.45, 7) is 2.19. The number of halogens is 4. The van der Waals surface area contributed by atoms with Gasteiger partial charge in [-0.25, -0.2) is 23.5 Å². The smallest absolute Gasteiger partial charge is 0.367 e. The van der Waals surface area contributed by atoms with Crippen LogP contribution in [0.5, 0.6) is 0 Å². The van der Waals surface area contributed by atoms with E-state index in [2.05, 4.69) is 59.3 Å². The van der Waals surface area contributed by atoms with Crippen LogP contribution in [0.25, 0.3) is 20.9 Å². The van der Waals surface area contributed by atoms with Gasteiger partial charge < -0.3 is 10.1 Å². The molecule has 2 aliphatic rings. The van der Waals surface area contributed by atoms with Gasteiger partial charge in [-0.05, 0) is 92.0 Å². The first-order valence-electron chi connectivity index (χ1n) is 14.7. The number of para-hydroxylation sites is 1. The van der Waals surface area contributed by atoms with Gasteiger partial charge in [0.05, 0.1) is 27.7 Å². The van der Waals surface area contributed by atoms with Gasteiger partial charge in [-0.1, -0.05) is 62.2 Å². The zero-order valence-corrected chi connectivity index (χ0v) is 29.4. The molecule has 12 heteroatoms. The van der Waals surface area contributed by atoms with E-state index >= 15 is 0 Å². The van der Waals surface area contributed by atoms with E-state index < -0.39 is 23.2 Å². The van der Waals surface area contributed by atoms with Gasteiger partial charge in [-0.2, -0.15) is 0 Å². The van der Waals surface area contributed by atoms with Crippen LogP contribution >= 0.6 is 54.5 Å². The number of hydrogen-bond acceptors (Lipinski definition) is 7. The third-order valence-electron chi connectivity index (χ3n) is 7.65. The number of carbonyl (C=O) groups is 2. The highest BCUT2D eigenvalue weighted by molar-refractivity contribution is 9.10. The zero-order valence-electron chi connectivity index (χ0n) is 24.6. The molecule has 0 bridgehead atoms. The lowest BCUT2D eigenvalue weighted by Gasteiger charge is -2.07. The molecule has 6 nitrogen and oxygen atoms in total. The topological polar surface area (TPSA) is 81.2 Å². The van der Waals surface area contributed by atoms with Crippen LogP contribution in [0.3, 0.4) is 0 Å². The second kappa shape index (κ2) is 14.2. The van der Waals surface area contributed by atoms with Crippen molar-refractivity contribution >= 4 is 72.1 Å². The molecule has 0 radical (unpaired) electrons. The minimum absolute atomic E-state index is 0.200. The van der Waals surface area contributed by atoms with Crippen LogP contribution in [0.1, 0.15) is 61.9 Å². The lowest BCUT2D eigenvalue weighted by molar-refractivity contribution is 0.0525. The number of nitrogens with one attached hydrogen (secondary N) is 1. The predicted molar refractivity (Wildman–Crippen MR) is 185 cm³/mol. The molecule has 1 N–H and O–H groups in total. The van der Waals surface area contributed by atoms with E-state index in [1.807, 2.05) is 31.2 Å². The molecule has 236 valence electrons. The fraction of sp³-hybridized carbons (Fsp3) is 0.235. The number of thiazole rings is 2. The average molecular weight is 788 g/mol. The van der Waals surface area contributed by atoms with Crippen molar-refractivity contribution in [3.05, 3.63) is 108 Å². The highest BCUT2D eigenvalue weighted by Crippen LogP contribution is 2.41. The number of rotatable bonds is 4. The normalized spacial score (nSPS) is 13.1. The summed E-state index contributed by atoms with van der Waals surface area (Å²) in [5.74, 6) is -2.55. The SMILES string of the molecule is CCOC(=O)c1nc2c(s1)-c1cccc(Br)c1CCC2.O=C(Nc1c(F)cccc1F)c1nc2c(s1)-c1cccc(Br)c1CCC2. The lowest BCUT2D eigenvalue weighted by atomic mass is 10.0. The molecule has 2 aliphatic carbocycles. The molecule has 0 unspecified atom stereocenters. The van der Waals surface area contributed by atoms with E-state index in [0.29, 0.717) is 11.6 Å². The fourth-order valence-electron chi connectivity index (χ4n) is 5.54. The quantitative estimate of drug-likeness (QED) is 0.184. The Kier molecular flexibility index (Phi) is 10.1. The van der Waals surface area contributed by atoms with Gasteiger partial charge in [-0.3, -0.25) is 4.79 Å². The molecular weight excluding hydrogens is 760 g/mol. The zero-order chi connectivity index (χ0) is 32.4. The van der Waals surface area contributed by atoms with Crippen LogP contribution in [0.2, 0.25) is 0 Å². The Bertz CT molecular complexity index is 1940. The standard InChI is InChI=1S/C19H13BrF2N2OS.C15H14BrNO2S/c20-12-6-1-5-11-10(12)4-2-9-15-17(11)26-19(23-15)18(25)24-16-13(21)7-3-8-14(16)22;1-2-19-15(18)14-17-12-8-4-5-9-10(13(12)20-14)6-3-7-11(9)16/h1,3,5-8H,2,4,9H2,(H,24,25);3,6-7H,2,4-5,8H2,1H3. The van der Waals surface area contributed by atoms with Crippen LogP contribution in [-0.4, -0.2) is 28.5 Å². The van der Waals surface area contributed by atoms with Crippen LogP contribution < -0.4 is 5.32 Å². The van der Waals surface area contributed by atoms with Crippen molar-refractivity contribution in [2.75, 3.05) is 11.9 Å². The van der Waals surface area contributed by atoms with Gasteiger partial charge in [0, 0.05) is 8.95 Å². The van der Waals surface area contributed by atoms with Gasteiger partial charge in [-0.15, -0.1) is 22.7 Å². The fourth-order valence-corrected chi connectivity index (χ4v) is 8.79. The van der Waals surface area contributed by atoms with Gasteiger partial charge in [0.25, 0.3) is 5.91 Å². The molecule has 3 aromatic carbocycles. The van der Waals surface area contributed by atoms with E-state index in [9.17, 15) is 18.4 Å². The maximum absolute atomic E-state index is 13.8. The third-order valence-corrected chi connectivity index (χ3v) is 11.4. The Balaban J connectivity index is 0.000000167. The summed E-state index contributed by atoms with van der Waals surface area (Å²) in [5, 5.41) is 2.97. The molecule has 7 rings (SSSR count). The highest BCUT2D eigenvalue weighted by atomic mass is 79.9. The second-order valence-electron chi connectivity index (χ2n) is 10.6. The van der Waals surface area contributed by atoms with Crippen molar-refractivity contribution in [3.63, 3.8) is 0 Å². The van der Waals surface area contributed by atoms with E-state index in [1.165, 1.54) is 45.4 Å². The Hall–Kier alpha value is -3.32. The minimum atomic E-state index is -0.814. The molecule has 0 saturated heterocycles. The minimum Gasteiger partial charge on any atom is -0.461 e. The summed E-state index contributed by atoms with van der Waals surface area (Å²) in [6, 6.07) is 15.6. The van der Waals surface area contributed by atoms with Crippen molar-refractivity contribution in [3.8, 4) is 20.9 Å². The summed E-state index contributed by atoms with van der Waals surface area (Å²) in [7, 11) is 0. The molecule has 0 fully saturated rings. The van der Waals surface area contributed by atoms with Gasteiger partial charge in [0.15, 0.2) is 5.01 Å². The predicted octanol–water partition coefficient (Wildman–Crippen LogP) is 9.83. The van der Waals surface area contributed by atoms with Crippen molar-refractivity contribution < 1.29 is 23.1 Å². The van der Waals surface area contributed by atoms with E-state index in [4.69, 9.17) is 4.74 Å². The monoisotopic (exact) mass is 785 g/mol. The summed E-state index contributed by atoms with van der Waals surface area (Å²) >= 11 is 9.90. The summed E-state index contributed by atoms with van der Waals surface area (Å²) < 4.78 is 34.8. The molecule has 0 aliphatic heterocycles. The number of hydrogen-bond donors (Lipinski definition) is 1. The number of aryl methyl sites for hydroxylation is 2. The summed E-state index contributed by atoms with van der Waals surface area (Å²) in [4.78, 5) is 35.3. The van der Waals surface area contributed by atoms with E-state index in [1.54, 1.807) is 0 Å². The first-order valence-corrected chi connectivity index (χ1v) is 17.9. The second-order valence-corrected chi connectivity index (χ2v) is 14.3. The first kappa shape index (κ1) is 32.6. The largest absolute Gasteiger partial charge is 0.461 e. The number of carbonyl (C=O) groups excluding carboxylic acids is 2. The van der Waals surface area contributed by atoms with Gasteiger partial charge >= 0.3 is 5.97 Å². The molecule has 1 amide bonds. The summed E-state index contributed by atoms with van der Waals surface area (Å²) in [6.07, 6.45) is 5.61. The number of aromatic nitrogens is 2. The molecule has 0 atom stereocenters. The lowest BCUT2D eigenvalue weighted by Crippen LogP contribution is -2.14. The average Bonchev–Trinajstić information content (AvgIpc) is 3.56. The van der Waals surface area contributed by atoms with Crippen LogP contribution in [0.15, 0.2) is 63.5 Å².